The Labute approximate surface area is 154 Å². The van der Waals surface area contributed by atoms with Gasteiger partial charge in [0.25, 0.3) is 0 Å². The van der Waals surface area contributed by atoms with E-state index in [4.69, 9.17) is 9.26 Å². The molecule has 0 N–H and O–H groups in total. The Bertz CT molecular complexity index is 892. The smallest absolute Gasteiger partial charge is 0.416 e. The first-order valence-electron chi connectivity index (χ1n) is 8.17. The fraction of sp³-hybridized carbons (Fsp3) is 0.263. The van der Waals surface area contributed by atoms with Crippen molar-refractivity contribution in [2.24, 2.45) is 0 Å². The van der Waals surface area contributed by atoms with Crippen LogP contribution >= 0.6 is 0 Å². The molecule has 1 heterocycles. The Balaban J connectivity index is 1.65. The largest absolute Gasteiger partial charge is 0.497 e. The zero-order valence-electron chi connectivity index (χ0n) is 14.8. The maximum absolute atomic E-state index is 12.6. The number of rotatable bonds is 6. The molecule has 5 nitrogen and oxygen atoms in total. The van der Waals surface area contributed by atoms with Crippen molar-refractivity contribution in [3.8, 4) is 17.1 Å². The van der Waals surface area contributed by atoms with Crippen molar-refractivity contribution < 1.29 is 22.4 Å². The van der Waals surface area contributed by atoms with E-state index in [2.05, 4.69) is 10.1 Å². The Morgan fingerprint density at radius 2 is 1.81 bits per heavy atom. The average Bonchev–Trinajstić information content (AvgIpc) is 3.09. The highest BCUT2D eigenvalue weighted by atomic mass is 19.4. The van der Waals surface area contributed by atoms with E-state index in [-0.39, 0.29) is 5.82 Å². The summed E-state index contributed by atoms with van der Waals surface area (Å²) >= 11 is 0. The normalized spacial score (nSPS) is 11.8. The minimum atomic E-state index is -4.37. The van der Waals surface area contributed by atoms with Gasteiger partial charge in [0.05, 0.1) is 19.2 Å². The van der Waals surface area contributed by atoms with Gasteiger partial charge >= 0.3 is 6.18 Å². The Morgan fingerprint density at radius 3 is 2.48 bits per heavy atom. The number of benzene rings is 2. The van der Waals surface area contributed by atoms with Gasteiger partial charge in [0, 0.05) is 12.1 Å². The van der Waals surface area contributed by atoms with Crippen LogP contribution in [-0.4, -0.2) is 29.2 Å². The molecule has 142 valence electrons. The minimum absolute atomic E-state index is 0.258. The van der Waals surface area contributed by atoms with Crippen LogP contribution in [-0.2, 0) is 19.3 Å². The fourth-order valence-electron chi connectivity index (χ4n) is 2.61. The molecule has 0 unspecified atom stereocenters. The summed E-state index contributed by atoms with van der Waals surface area (Å²) in [6.45, 7) is 1.06. The van der Waals surface area contributed by atoms with E-state index in [1.807, 2.05) is 36.2 Å². The Kier molecular flexibility index (Phi) is 5.46. The van der Waals surface area contributed by atoms with Crippen molar-refractivity contribution in [3.63, 3.8) is 0 Å². The van der Waals surface area contributed by atoms with Gasteiger partial charge in [-0.25, -0.2) is 0 Å². The molecule has 3 rings (SSSR count). The third kappa shape index (κ3) is 4.85. The van der Waals surface area contributed by atoms with Crippen LogP contribution in [0.4, 0.5) is 13.2 Å². The number of nitrogens with zero attached hydrogens (tertiary/aromatic N) is 3. The monoisotopic (exact) mass is 377 g/mol. The summed E-state index contributed by atoms with van der Waals surface area (Å²) < 4.78 is 48.3. The minimum Gasteiger partial charge on any atom is -0.497 e. The number of methoxy groups -OCH3 is 1. The van der Waals surface area contributed by atoms with Crippen molar-refractivity contribution in [2.75, 3.05) is 14.2 Å². The number of ether oxygens (including phenoxy) is 1. The lowest BCUT2D eigenvalue weighted by Crippen LogP contribution is -2.17. The Morgan fingerprint density at radius 1 is 1.07 bits per heavy atom. The van der Waals surface area contributed by atoms with Gasteiger partial charge in [-0.05, 0) is 36.9 Å². The second kappa shape index (κ2) is 7.79. The van der Waals surface area contributed by atoms with Crippen LogP contribution in [0, 0.1) is 0 Å². The van der Waals surface area contributed by atoms with Gasteiger partial charge in [-0.15, -0.1) is 0 Å². The first-order chi connectivity index (χ1) is 12.8. The summed E-state index contributed by atoms with van der Waals surface area (Å²) in [5, 5.41) is 3.85. The standard InChI is InChI=1S/C19H18F3N3O2/c1-25(11-13-4-3-5-16(10-13)26-2)12-17-23-18(24-27-17)14-6-8-15(9-7-14)19(20,21)22/h3-10H,11-12H2,1-2H3. The molecule has 0 saturated heterocycles. The van der Waals surface area contributed by atoms with Gasteiger partial charge in [0.1, 0.15) is 5.75 Å². The number of aromatic nitrogens is 2. The molecule has 0 aliphatic rings. The summed E-state index contributed by atoms with van der Waals surface area (Å²) in [6.07, 6.45) is -4.37. The predicted octanol–water partition coefficient (Wildman–Crippen LogP) is 4.40. The van der Waals surface area contributed by atoms with Gasteiger partial charge in [0.2, 0.25) is 11.7 Å². The number of halogens is 3. The molecular weight excluding hydrogens is 359 g/mol. The van der Waals surface area contributed by atoms with E-state index in [0.29, 0.717) is 24.5 Å². The third-order valence-electron chi connectivity index (χ3n) is 3.93. The summed E-state index contributed by atoms with van der Waals surface area (Å²) in [5.74, 6) is 1.42. The lowest BCUT2D eigenvalue weighted by molar-refractivity contribution is -0.137. The SMILES string of the molecule is COc1cccc(CN(C)Cc2nc(-c3ccc(C(F)(F)F)cc3)no2)c1. The maximum atomic E-state index is 12.6. The second-order valence-corrected chi connectivity index (χ2v) is 6.11. The summed E-state index contributed by atoms with van der Waals surface area (Å²) in [4.78, 5) is 6.25. The lowest BCUT2D eigenvalue weighted by atomic mass is 10.1. The molecule has 0 fully saturated rings. The van der Waals surface area contributed by atoms with Crippen LogP contribution in [0.1, 0.15) is 17.0 Å². The van der Waals surface area contributed by atoms with E-state index in [0.717, 1.165) is 23.4 Å². The molecule has 8 heteroatoms. The van der Waals surface area contributed by atoms with Crippen LogP contribution in [0.3, 0.4) is 0 Å². The molecule has 27 heavy (non-hydrogen) atoms. The molecule has 0 saturated carbocycles. The molecule has 0 spiro atoms. The van der Waals surface area contributed by atoms with E-state index in [9.17, 15) is 13.2 Å². The third-order valence-corrected chi connectivity index (χ3v) is 3.93. The zero-order chi connectivity index (χ0) is 19.4. The first-order valence-corrected chi connectivity index (χ1v) is 8.17. The van der Waals surface area contributed by atoms with Gasteiger partial charge in [-0.2, -0.15) is 18.2 Å². The number of hydrogen-bond donors (Lipinski definition) is 0. The van der Waals surface area contributed by atoms with E-state index in [1.54, 1.807) is 7.11 Å². The quantitative estimate of drug-likeness (QED) is 0.637. The molecule has 0 amide bonds. The molecule has 0 bridgehead atoms. The van der Waals surface area contributed by atoms with E-state index < -0.39 is 11.7 Å². The van der Waals surface area contributed by atoms with Crippen LogP contribution < -0.4 is 4.74 Å². The van der Waals surface area contributed by atoms with Gasteiger partial charge < -0.3 is 9.26 Å². The van der Waals surface area contributed by atoms with Crippen molar-refractivity contribution in [1.82, 2.24) is 15.0 Å². The number of alkyl halides is 3. The first kappa shape index (κ1) is 18.9. The molecule has 0 atom stereocenters. The lowest BCUT2D eigenvalue weighted by Gasteiger charge is -2.14. The van der Waals surface area contributed by atoms with Crippen molar-refractivity contribution in [3.05, 3.63) is 65.5 Å². The molecule has 1 aromatic heterocycles. The molecule has 0 radical (unpaired) electrons. The van der Waals surface area contributed by atoms with Gasteiger partial charge in [-0.3, -0.25) is 4.90 Å². The Hall–Kier alpha value is -2.87. The highest BCUT2D eigenvalue weighted by Gasteiger charge is 2.30. The van der Waals surface area contributed by atoms with Crippen molar-refractivity contribution in [1.29, 1.82) is 0 Å². The second-order valence-electron chi connectivity index (χ2n) is 6.11. The zero-order valence-corrected chi connectivity index (χ0v) is 14.8. The van der Waals surface area contributed by atoms with Crippen LogP contribution in [0.25, 0.3) is 11.4 Å². The maximum Gasteiger partial charge on any atom is 0.416 e. The van der Waals surface area contributed by atoms with Gasteiger partial charge in [0.15, 0.2) is 0 Å². The summed E-state index contributed by atoms with van der Waals surface area (Å²) in [6, 6.07) is 12.4. The van der Waals surface area contributed by atoms with Gasteiger partial charge in [-0.1, -0.05) is 29.4 Å². The molecule has 0 aliphatic carbocycles. The molecular formula is C19H18F3N3O2. The summed E-state index contributed by atoms with van der Waals surface area (Å²) in [5.41, 5.74) is 0.820. The molecule has 3 aromatic rings. The average molecular weight is 377 g/mol. The van der Waals surface area contributed by atoms with Crippen LogP contribution in [0.15, 0.2) is 53.1 Å². The number of hydrogen-bond acceptors (Lipinski definition) is 5. The highest BCUT2D eigenvalue weighted by molar-refractivity contribution is 5.54. The van der Waals surface area contributed by atoms with Crippen molar-refractivity contribution in [2.45, 2.75) is 19.3 Å². The van der Waals surface area contributed by atoms with E-state index in [1.165, 1.54) is 12.1 Å². The molecule has 2 aromatic carbocycles. The topological polar surface area (TPSA) is 51.4 Å². The van der Waals surface area contributed by atoms with E-state index >= 15 is 0 Å². The predicted molar refractivity (Wildman–Crippen MR) is 92.9 cm³/mol. The van der Waals surface area contributed by atoms with Crippen LogP contribution in [0.2, 0.25) is 0 Å². The molecule has 0 aliphatic heterocycles. The van der Waals surface area contributed by atoms with Crippen molar-refractivity contribution >= 4 is 0 Å². The fourth-order valence-corrected chi connectivity index (χ4v) is 2.61. The van der Waals surface area contributed by atoms with Crippen LogP contribution in [0.5, 0.6) is 5.75 Å². The summed E-state index contributed by atoms with van der Waals surface area (Å²) in [7, 11) is 3.52. The highest BCUT2D eigenvalue weighted by Crippen LogP contribution is 2.30.